The summed E-state index contributed by atoms with van der Waals surface area (Å²) in [6, 6.07) is 6.87. The summed E-state index contributed by atoms with van der Waals surface area (Å²) >= 11 is 0. The van der Waals surface area contributed by atoms with Crippen LogP contribution in [0.5, 0.6) is 0 Å². The number of aromatic nitrogens is 1. The van der Waals surface area contributed by atoms with Gasteiger partial charge >= 0.3 is 7.12 Å². The Morgan fingerprint density at radius 3 is 2.71 bits per heavy atom. The van der Waals surface area contributed by atoms with Crippen molar-refractivity contribution in [3.05, 3.63) is 30.5 Å². The zero-order chi connectivity index (χ0) is 10.1. The van der Waals surface area contributed by atoms with Gasteiger partial charge in [0.2, 0.25) is 0 Å². The Kier molecular flexibility index (Phi) is 2.11. The van der Waals surface area contributed by atoms with Crippen LogP contribution >= 0.6 is 0 Å². The molecule has 1 aromatic heterocycles. The average Bonchev–Trinajstić information content (AvgIpc) is 2.18. The number of nitrogen functional groups attached to an aromatic ring is 1. The zero-order valence-electron chi connectivity index (χ0n) is 7.38. The van der Waals surface area contributed by atoms with Crippen LogP contribution < -0.4 is 11.2 Å². The highest BCUT2D eigenvalue weighted by atomic mass is 16.4. The van der Waals surface area contributed by atoms with Crippen LogP contribution in [0.2, 0.25) is 0 Å². The van der Waals surface area contributed by atoms with Crippen LogP contribution in [0.3, 0.4) is 0 Å². The largest absolute Gasteiger partial charge is 0.488 e. The average molecular weight is 188 g/mol. The van der Waals surface area contributed by atoms with Gasteiger partial charge in [-0.1, -0.05) is 18.2 Å². The van der Waals surface area contributed by atoms with Crippen molar-refractivity contribution in [3.8, 4) is 0 Å². The molecular formula is C9H9BN2O2. The van der Waals surface area contributed by atoms with Crippen molar-refractivity contribution in [1.82, 2.24) is 4.98 Å². The van der Waals surface area contributed by atoms with Gasteiger partial charge < -0.3 is 15.8 Å². The lowest BCUT2D eigenvalue weighted by Gasteiger charge is -2.03. The van der Waals surface area contributed by atoms with E-state index in [1.54, 1.807) is 24.4 Å². The molecule has 1 aromatic carbocycles. The van der Waals surface area contributed by atoms with Crippen molar-refractivity contribution in [1.29, 1.82) is 0 Å². The first-order valence-corrected chi connectivity index (χ1v) is 4.19. The van der Waals surface area contributed by atoms with Crippen LogP contribution in [0.4, 0.5) is 5.82 Å². The van der Waals surface area contributed by atoms with E-state index in [1.165, 1.54) is 0 Å². The van der Waals surface area contributed by atoms with E-state index in [0.717, 1.165) is 10.8 Å². The van der Waals surface area contributed by atoms with E-state index in [4.69, 9.17) is 15.8 Å². The highest BCUT2D eigenvalue weighted by Crippen LogP contribution is 2.16. The Morgan fingerprint density at radius 2 is 2.00 bits per heavy atom. The van der Waals surface area contributed by atoms with Gasteiger partial charge in [0.25, 0.3) is 0 Å². The van der Waals surface area contributed by atoms with Crippen LogP contribution in [0.25, 0.3) is 10.8 Å². The molecule has 0 fully saturated rings. The fourth-order valence-corrected chi connectivity index (χ4v) is 1.37. The Hall–Kier alpha value is -1.59. The fraction of sp³-hybridized carbons (Fsp3) is 0. The number of nitrogens with zero attached hydrogens (tertiary/aromatic N) is 1. The molecule has 0 bridgehead atoms. The number of fused-ring (bicyclic) bond motifs is 1. The molecule has 70 valence electrons. The molecule has 0 unspecified atom stereocenters. The molecule has 5 heteroatoms. The monoisotopic (exact) mass is 188 g/mol. The predicted molar refractivity (Wildman–Crippen MR) is 56.0 cm³/mol. The highest BCUT2D eigenvalue weighted by Gasteiger charge is 2.11. The molecule has 0 aliphatic carbocycles. The van der Waals surface area contributed by atoms with Crippen molar-refractivity contribution in [2.24, 2.45) is 0 Å². The van der Waals surface area contributed by atoms with Gasteiger partial charge in [-0.2, -0.15) is 0 Å². The number of anilines is 1. The minimum Gasteiger partial charge on any atom is -0.423 e. The Balaban J connectivity index is 2.70. The number of hydrogen-bond acceptors (Lipinski definition) is 4. The first-order chi connectivity index (χ1) is 6.68. The quantitative estimate of drug-likeness (QED) is 0.527. The summed E-state index contributed by atoms with van der Waals surface area (Å²) in [6.07, 6.45) is 1.62. The normalized spacial score (nSPS) is 10.4. The minimum absolute atomic E-state index is 0.394. The SMILES string of the molecule is Nc1nccc2ccc(B(O)O)cc12. The van der Waals surface area contributed by atoms with Crippen molar-refractivity contribution in [3.63, 3.8) is 0 Å². The van der Waals surface area contributed by atoms with Crippen molar-refractivity contribution < 1.29 is 10.0 Å². The molecule has 0 saturated carbocycles. The maximum absolute atomic E-state index is 8.97. The van der Waals surface area contributed by atoms with Gasteiger partial charge in [-0.3, -0.25) is 0 Å². The Bertz CT molecular complexity index is 473. The van der Waals surface area contributed by atoms with Crippen molar-refractivity contribution in [2.75, 3.05) is 5.73 Å². The zero-order valence-corrected chi connectivity index (χ0v) is 7.38. The van der Waals surface area contributed by atoms with E-state index >= 15 is 0 Å². The van der Waals surface area contributed by atoms with Gasteiger partial charge in [0.05, 0.1) is 0 Å². The molecule has 0 spiro atoms. The van der Waals surface area contributed by atoms with Crippen LogP contribution in [0.1, 0.15) is 0 Å². The number of hydrogen-bond donors (Lipinski definition) is 3. The summed E-state index contributed by atoms with van der Waals surface area (Å²) in [6.45, 7) is 0. The molecule has 2 rings (SSSR count). The molecule has 0 amide bonds. The Morgan fingerprint density at radius 1 is 1.21 bits per heavy atom. The summed E-state index contributed by atoms with van der Waals surface area (Å²) in [5.41, 5.74) is 6.06. The molecule has 0 aliphatic rings. The van der Waals surface area contributed by atoms with E-state index < -0.39 is 7.12 Å². The third-order valence-corrected chi connectivity index (χ3v) is 2.12. The lowest BCUT2D eigenvalue weighted by Crippen LogP contribution is -2.29. The van der Waals surface area contributed by atoms with Crippen LogP contribution in [0.15, 0.2) is 30.5 Å². The highest BCUT2D eigenvalue weighted by molar-refractivity contribution is 6.59. The molecular weight excluding hydrogens is 179 g/mol. The van der Waals surface area contributed by atoms with Crippen LogP contribution in [-0.2, 0) is 0 Å². The van der Waals surface area contributed by atoms with Crippen molar-refractivity contribution in [2.45, 2.75) is 0 Å². The van der Waals surface area contributed by atoms with Crippen LogP contribution in [-0.4, -0.2) is 22.2 Å². The molecule has 0 saturated heterocycles. The second kappa shape index (κ2) is 3.28. The topological polar surface area (TPSA) is 79.4 Å². The molecule has 14 heavy (non-hydrogen) atoms. The smallest absolute Gasteiger partial charge is 0.423 e. The maximum Gasteiger partial charge on any atom is 0.488 e. The summed E-state index contributed by atoms with van der Waals surface area (Å²) in [5, 5.41) is 19.6. The molecule has 0 aliphatic heterocycles. The van der Waals surface area contributed by atoms with Gasteiger partial charge in [0.1, 0.15) is 5.82 Å². The fourth-order valence-electron chi connectivity index (χ4n) is 1.37. The van der Waals surface area contributed by atoms with Gasteiger partial charge in [-0.25, -0.2) is 4.98 Å². The van der Waals surface area contributed by atoms with Gasteiger partial charge in [0, 0.05) is 11.6 Å². The Labute approximate surface area is 81.2 Å². The van der Waals surface area contributed by atoms with Crippen molar-refractivity contribution >= 4 is 29.2 Å². The summed E-state index contributed by atoms with van der Waals surface area (Å²) in [4.78, 5) is 3.92. The van der Waals surface area contributed by atoms with Gasteiger partial charge in [-0.15, -0.1) is 0 Å². The second-order valence-electron chi connectivity index (χ2n) is 3.05. The molecule has 2 aromatic rings. The summed E-state index contributed by atoms with van der Waals surface area (Å²) in [7, 11) is -1.47. The van der Waals surface area contributed by atoms with Gasteiger partial charge in [0.15, 0.2) is 0 Å². The second-order valence-corrected chi connectivity index (χ2v) is 3.05. The molecule has 4 N–H and O–H groups in total. The van der Waals surface area contributed by atoms with Crippen LogP contribution in [0, 0.1) is 0 Å². The van der Waals surface area contributed by atoms with E-state index in [0.29, 0.717) is 11.3 Å². The molecule has 4 nitrogen and oxygen atoms in total. The first-order valence-electron chi connectivity index (χ1n) is 4.19. The lowest BCUT2D eigenvalue weighted by atomic mass is 9.79. The standard InChI is InChI=1S/C9H9BN2O2/c11-9-8-5-7(10(13)14)2-1-6(8)3-4-12-9/h1-5,13-14H,(H2,11,12). The summed E-state index contributed by atoms with van der Waals surface area (Å²) in [5.74, 6) is 0.394. The van der Waals surface area contributed by atoms with E-state index in [9.17, 15) is 0 Å². The van der Waals surface area contributed by atoms with Gasteiger partial charge in [-0.05, 0) is 16.9 Å². The minimum atomic E-state index is -1.47. The van der Waals surface area contributed by atoms with E-state index in [-0.39, 0.29) is 0 Å². The summed E-state index contributed by atoms with van der Waals surface area (Å²) < 4.78 is 0. The number of rotatable bonds is 1. The number of benzene rings is 1. The predicted octanol–water partition coefficient (Wildman–Crippen LogP) is -0.503. The number of nitrogens with two attached hydrogens (primary N) is 1. The third-order valence-electron chi connectivity index (χ3n) is 2.12. The molecule has 1 heterocycles. The van der Waals surface area contributed by atoms with E-state index in [1.807, 2.05) is 6.07 Å². The first kappa shape index (κ1) is 8.99. The third kappa shape index (κ3) is 1.43. The van der Waals surface area contributed by atoms with E-state index in [2.05, 4.69) is 4.98 Å². The molecule has 0 atom stereocenters. The number of pyridine rings is 1. The lowest BCUT2D eigenvalue weighted by molar-refractivity contribution is 0.426. The maximum atomic E-state index is 8.97. The molecule has 0 radical (unpaired) electrons.